The van der Waals surface area contributed by atoms with Gasteiger partial charge in [0.15, 0.2) is 0 Å². The molecule has 1 aromatic carbocycles. The highest BCUT2D eigenvalue weighted by Gasteiger charge is 2.14. The molecule has 8 heteroatoms. The first kappa shape index (κ1) is 18.5. The van der Waals surface area contributed by atoms with Gasteiger partial charge in [0.25, 0.3) is 0 Å². The van der Waals surface area contributed by atoms with Crippen LogP contribution < -0.4 is 15.4 Å². The molecule has 8 nitrogen and oxygen atoms in total. The summed E-state index contributed by atoms with van der Waals surface area (Å²) in [5.74, 6) is 2.47. The molecule has 0 spiro atoms. The van der Waals surface area contributed by atoms with Gasteiger partial charge in [0.05, 0.1) is 32.0 Å². The van der Waals surface area contributed by atoms with Crippen LogP contribution in [0.15, 0.2) is 36.5 Å². The third-order valence-corrected chi connectivity index (χ3v) is 4.96. The van der Waals surface area contributed by atoms with Gasteiger partial charge in [-0.1, -0.05) is 0 Å². The lowest BCUT2D eigenvalue weighted by molar-refractivity contribution is 0.0366. The summed E-state index contributed by atoms with van der Waals surface area (Å²) in [6, 6.07) is 9.84. The Morgan fingerprint density at radius 2 is 1.93 bits per heavy atom. The molecule has 2 N–H and O–H groups in total. The first-order valence-corrected chi connectivity index (χ1v) is 9.52. The molecule has 1 aliphatic rings. The summed E-state index contributed by atoms with van der Waals surface area (Å²) < 4.78 is 12.9. The smallest absolute Gasteiger partial charge is 0.203 e. The second-order valence-corrected chi connectivity index (χ2v) is 6.70. The van der Waals surface area contributed by atoms with Crippen molar-refractivity contribution in [3.05, 3.63) is 36.5 Å². The average Bonchev–Trinajstić information content (AvgIpc) is 3.10. The number of hydrogen-bond donors (Lipinski definition) is 2. The largest absolute Gasteiger partial charge is 0.497 e. The van der Waals surface area contributed by atoms with E-state index in [1.54, 1.807) is 7.11 Å². The number of methoxy groups -OCH3 is 1. The first-order valence-electron chi connectivity index (χ1n) is 9.52. The van der Waals surface area contributed by atoms with Crippen molar-refractivity contribution >= 4 is 28.5 Å². The van der Waals surface area contributed by atoms with E-state index in [-0.39, 0.29) is 0 Å². The van der Waals surface area contributed by atoms with Gasteiger partial charge in [0, 0.05) is 45.0 Å². The summed E-state index contributed by atoms with van der Waals surface area (Å²) in [6.45, 7) is 5.40. The van der Waals surface area contributed by atoms with E-state index >= 15 is 0 Å². The standard InChI is InChI=1S/C20H26N6O2/c1-21-20-24-17-14-22-19(23-15-3-5-16(27-2)6-4-15)13-18(17)26(20)8-7-25-9-11-28-12-10-25/h3-6,13-14H,7-12H2,1-2H3,(H,21,24)(H,22,23). The SMILES string of the molecule is CNc1nc2cnc(Nc3ccc(OC)cc3)cc2n1CCN1CCOCC1. The fraction of sp³-hybridized carbons (Fsp3) is 0.400. The molecule has 0 radical (unpaired) electrons. The van der Waals surface area contributed by atoms with E-state index in [9.17, 15) is 0 Å². The predicted octanol–water partition coefficient (Wildman–Crippen LogP) is 2.56. The molecule has 0 atom stereocenters. The molecule has 0 saturated carbocycles. The molecule has 0 bridgehead atoms. The van der Waals surface area contributed by atoms with Crippen LogP contribution in [-0.2, 0) is 11.3 Å². The zero-order chi connectivity index (χ0) is 19.3. The van der Waals surface area contributed by atoms with Crippen LogP contribution in [0.1, 0.15) is 0 Å². The number of fused-ring (bicyclic) bond motifs is 1. The monoisotopic (exact) mass is 382 g/mol. The van der Waals surface area contributed by atoms with Gasteiger partial charge in [0.1, 0.15) is 17.1 Å². The Hall–Kier alpha value is -2.84. The molecule has 4 rings (SSSR count). The van der Waals surface area contributed by atoms with Gasteiger partial charge in [0.2, 0.25) is 5.95 Å². The molecule has 28 heavy (non-hydrogen) atoms. The summed E-state index contributed by atoms with van der Waals surface area (Å²) in [5.41, 5.74) is 2.90. The molecule has 3 heterocycles. The van der Waals surface area contributed by atoms with Gasteiger partial charge in [-0.3, -0.25) is 4.90 Å². The minimum Gasteiger partial charge on any atom is -0.497 e. The van der Waals surface area contributed by atoms with E-state index in [0.29, 0.717) is 0 Å². The number of pyridine rings is 1. The van der Waals surface area contributed by atoms with E-state index in [1.807, 2.05) is 43.6 Å². The highest BCUT2D eigenvalue weighted by molar-refractivity contribution is 5.81. The maximum Gasteiger partial charge on any atom is 0.203 e. The van der Waals surface area contributed by atoms with Crippen molar-refractivity contribution in [1.82, 2.24) is 19.4 Å². The molecule has 1 fully saturated rings. The van der Waals surface area contributed by atoms with Crippen LogP contribution in [-0.4, -0.2) is 66.4 Å². The highest BCUT2D eigenvalue weighted by Crippen LogP contribution is 2.24. The summed E-state index contributed by atoms with van der Waals surface area (Å²) in [6.07, 6.45) is 1.81. The number of hydrogen-bond acceptors (Lipinski definition) is 7. The second kappa shape index (κ2) is 8.45. The maximum atomic E-state index is 5.44. The van der Waals surface area contributed by atoms with E-state index in [1.165, 1.54) is 0 Å². The van der Waals surface area contributed by atoms with Crippen molar-refractivity contribution in [3.63, 3.8) is 0 Å². The van der Waals surface area contributed by atoms with Crippen molar-refractivity contribution in [1.29, 1.82) is 0 Å². The van der Waals surface area contributed by atoms with Crippen LogP contribution in [0.3, 0.4) is 0 Å². The van der Waals surface area contributed by atoms with E-state index in [4.69, 9.17) is 9.47 Å². The lowest BCUT2D eigenvalue weighted by atomic mass is 10.3. The summed E-state index contributed by atoms with van der Waals surface area (Å²) in [5, 5.41) is 6.55. The van der Waals surface area contributed by atoms with Crippen LogP contribution in [0.5, 0.6) is 5.75 Å². The molecule has 1 saturated heterocycles. The molecule has 2 aromatic heterocycles. The molecular formula is C20H26N6O2. The second-order valence-electron chi connectivity index (χ2n) is 6.70. The number of anilines is 3. The minimum atomic E-state index is 0.785. The van der Waals surface area contributed by atoms with Gasteiger partial charge >= 0.3 is 0 Å². The maximum absolute atomic E-state index is 5.44. The molecular weight excluding hydrogens is 356 g/mol. The number of morpholine rings is 1. The molecule has 3 aromatic rings. The summed E-state index contributed by atoms with van der Waals surface area (Å²) >= 11 is 0. The summed E-state index contributed by atoms with van der Waals surface area (Å²) in [4.78, 5) is 11.6. The quantitative estimate of drug-likeness (QED) is 0.650. The van der Waals surface area contributed by atoms with Crippen LogP contribution in [0, 0.1) is 0 Å². The Labute approximate surface area is 164 Å². The van der Waals surface area contributed by atoms with Crippen molar-refractivity contribution in [3.8, 4) is 5.75 Å². The Bertz CT molecular complexity index is 918. The topological polar surface area (TPSA) is 76.5 Å². The zero-order valence-corrected chi connectivity index (χ0v) is 16.3. The predicted molar refractivity (Wildman–Crippen MR) is 111 cm³/mol. The van der Waals surface area contributed by atoms with Crippen molar-refractivity contribution in [2.24, 2.45) is 0 Å². The number of nitrogens with zero attached hydrogens (tertiary/aromatic N) is 4. The molecule has 0 unspecified atom stereocenters. The highest BCUT2D eigenvalue weighted by atomic mass is 16.5. The number of imidazole rings is 1. The van der Waals surface area contributed by atoms with Gasteiger partial charge in [-0.05, 0) is 24.3 Å². The van der Waals surface area contributed by atoms with Crippen molar-refractivity contribution in [2.75, 3.05) is 57.6 Å². The third kappa shape index (κ3) is 4.02. The lowest BCUT2D eigenvalue weighted by Crippen LogP contribution is -2.38. The van der Waals surface area contributed by atoms with Crippen LogP contribution in [0.25, 0.3) is 11.0 Å². The minimum absolute atomic E-state index is 0.785. The molecule has 148 valence electrons. The van der Waals surface area contributed by atoms with E-state index < -0.39 is 0 Å². The fourth-order valence-electron chi connectivity index (χ4n) is 3.40. The number of aromatic nitrogens is 3. The average molecular weight is 382 g/mol. The van der Waals surface area contributed by atoms with Crippen molar-refractivity contribution < 1.29 is 9.47 Å². The lowest BCUT2D eigenvalue weighted by Gasteiger charge is -2.26. The molecule has 0 aliphatic carbocycles. The van der Waals surface area contributed by atoms with Gasteiger partial charge in [-0.2, -0.15) is 0 Å². The Kier molecular flexibility index (Phi) is 5.59. The number of rotatable bonds is 7. The van der Waals surface area contributed by atoms with Crippen LogP contribution >= 0.6 is 0 Å². The number of ether oxygens (including phenoxy) is 2. The molecule has 0 amide bonds. The van der Waals surface area contributed by atoms with Gasteiger partial charge in [-0.15, -0.1) is 0 Å². The first-order chi connectivity index (χ1) is 13.8. The number of benzene rings is 1. The summed E-state index contributed by atoms with van der Waals surface area (Å²) in [7, 11) is 3.56. The normalized spacial score (nSPS) is 14.9. The zero-order valence-electron chi connectivity index (χ0n) is 16.3. The Morgan fingerprint density at radius 1 is 1.14 bits per heavy atom. The molecule has 1 aliphatic heterocycles. The number of nitrogens with one attached hydrogen (secondary N) is 2. The van der Waals surface area contributed by atoms with Crippen molar-refractivity contribution in [2.45, 2.75) is 6.54 Å². The third-order valence-electron chi connectivity index (χ3n) is 4.96. The van der Waals surface area contributed by atoms with Crippen LogP contribution in [0.2, 0.25) is 0 Å². The van der Waals surface area contributed by atoms with E-state index in [2.05, 4.69) is 30.1 Å². The Balaban J connectivity index is 1.55. The van der Waals surface area contributed by atoms with E-state index in [0.717, 1.165) is 73.6 Å². The Morgan fingerprint density at radius 3 is 2.64 bits per heavy atom. The van der Waals surface area contributed by atoms with Gasteiger partial charge in [-0.25, -0.2) is 9.97 Å². The fourth-order valence-corrected chi connectivity index (χ4v) is 3.40. The van der Waals surface area contributed by atoms with Crippen LogP contribution in [0.4, 0.5) is 17.5 Å². The van der Waals surface area contributed by atoms with Gasteiger partial charge < -0.3 is 24.7 Å².